The number of nitrogens with one attached hydrogen (secondary N) is 2. The molecule has 0 radical (unpaired) electrons. The van der Waals surface area contributed by atoms with Crippen LogP contribution < -0.4 is 15.5 Å². The van der Waals surface area contributed by atoms with Crippen LogP contribution in [0.25, 0.3) is 0 Å². The molecule has 24 heavy (non-hydrogen) atoms. The molecule has 1 atom stereocenters. The highest BCUT2D eigenvalue weighted by Gasteiger charge is 2.31. The molecule has 1 amide bonds. The molecule has 1 saturated heterocycles. The van der Waals surface area contributed by atoms with Gasteiger partial charge in [0.05, 0.1) is 12.1 Å². The van der Waals surface area contributed by atoms with Crippen LogP contribution in [0.2, 0.25) is 0 Å². The highest BCUT2D eigenvalue weighted by atomic mass is 35.5. The third-order valence-corrected chi connectivity index (χ3v) is 3.52. The summed E-state index contributed by atoms with van der Waals surface area (Å²) < 4.78 is 37.6. The molecule has 2 rings (SSSR count). The summed E-state index contributed by atoms with van der Waals surface area (Å²) in [4.78, 5) is 17.4. The summed E-state index contributed by atoms with van der Waals surface area (Å²) in [7, 11) is 1.69. The predicted octanol–water partition coefficient (Wildman–Crippen LogP) is 2.25. The average molecular weight is 389 g/mol. The Kier molecular flexibility index (Phi) is 9.39. The van der Waals surface area contributed by atoms with Crippen LogP contribution in [0.4, 0.5) is 19.0 Å². The third kappa shape index (κ3) is 6.33. The molecular weight excluding hydrogens is 368 g/mol. The van der Waals surface area contributed by atoms with Crippen molar-refractivity contribution in [3.63, 3.8) is 0 Å². The van der Waals surface area contributed by atoms with Crippen molar-refractivity contribution in [2.24, 2.45) is 0 Å². The minimum Gasteiger partial charge on any atom is -0.355 e. The third-order valence-electron chi connectivity index (χ3n) is 3.52. The summed E-state index contributed by atoms with van der Waals surface area (Å²) in [5.74, 6) is 0.412. The van der Waals surface area contributed by atoms with Crippen LogP contribution in [0.3, 0.4) is 0 Å². The number of halogens is 5. The summed E-state index contributed by atoms with van der Waals surface area (Å²) in [5.41, 5.74) is -0.757. The van der Waals surface area contributed by atoms with Crippen LogP contribution in [0.15, 0.2) is 18.3 Å². The second-order valence-corrected chi connectivity index (χ2v) is 5.29. The van der Waals surface area contributed by atoms with Gasteiger partial charge in [-0.05, 0) is 32.0 Å². The largest absolute Gasteiger partial charge is 0.417 e. The van der Waals surface area contributed by atoms with Gasteiger partial charge in [-0.15, -0.1) is 24.8 Å². The van der Waals surface area contributed by atoms with Crippen LogP contribution in [-0.2, 0) is 11.0 Å². The molecule has 1 aliphatic heterocycles. The molecule has 0 aromatic carbocycles. The minimum absolute atomic E-state index is 0. The van der Waals surface area contributed by atoms with E-state index < -0.39 is 11.7 Å². The van der Waals surface area contributed by atoms with Crippen molar-refractivity contribution in [2.75, 3.05) is 31.6 Å². The Morgan fingerprint density at radius 2 is 2.08 bits per heavy atom. The molecule has 5 nitrogen and oxygen atoms in total. The maximum atomic E-state index is 12.5. The van der Waals surface area contributed by atoms with E-state index in [-0.39, 0.29) is 43.3 Å². The molecule has 0 bridgehead atoms. The topological polar surface area (TPSA) is 57.3 Å². The lowest BCUT2D eigenvalue weighted by atomic mass is 10.1. The van der Waals surface area contributed by atoms with Gasteiger partial charge < -0.3 is 15.5 Å². The molecule has 2 N–H and O–H groups in total. The number of carbonyl (C=O) groups is 1. The quantitative estimate of drug-likeness (QED) is 0.830. The molecule has 1 aromatic rings. The molecule has 10 heteroatoms. The number of likely N-dealkylation sites (N-methyl/N-ethyl adjacent to an activating group) is 1. The number of carbonyl (C=O) groups excluding carboxylic acids is 1. The molecule has 1 unspecified atom stereocenters. The summed E-state index contributed by atoms with van der Waals surface area (Å²) in [6.45, 7) is 1.51. The van der Waals surface area contributed by atoms with Gasteiger partial charge in [0.1, 0.15) is 5.82 Å². The van der Waals surface area contributed by atoms with Gasteiger partial charge >= 0.3 is 6.18 Å². The van der Waals surface area contributed by atoms with E-state index in [0.717, 1.165) is 31.6 Å². The van der Waals surface area contributed by atoms with Crippen molar-refractivity contribution in [1.29, 1.82) is 0 Å². The van der Waals surface area contributed by atoms with Crippen LogP contribution in [0, 0.1) is 0 Å². The average Bonchev–Trinajstić information content (AvgIpc) is 2.47. The first kappa shape index (κ1) is 22.8. The van der Waals surface area contributed by atoms with Crippen molar-refractivity contribution >= 4 is 36.5 Å². The molecule has 138 valence electrons. The van der Waals surface area contributed by atoms with Crippen molar-refractivity contribution in [3.05, 3.63) is 23.9 Å². The predicted molar refractivity (Wildman–Crippen MR) is 91.0 cm³/mol. The zero-order chi connectivity index (χ0) is 16.2. The van der Waals surface area contributed by atoms with E-state index in [1.54, 1.807) is 7.05 Å². The van der Waals surface area contributed by atoms with Crippen LogP contribution in [0.5, 0.6) is 0 Å². The van der Waals surface area contributed by atoms with E-state index >= 15 is 0 Å². The molecule has 2 heterocycles. The minimum atomic E-state index is -4.38. The summed E-state index contributed by atoms with van der Waals surface area (Å²) in [6.07, 6.45) is -1.82. The van der Waals surface area contributed by atoms with Gasteiger partial charge in [0, 0.05) is 25.3 Å². The Balaban J connectivity index is 0.00000264. The first-order valence-electron chi connectivity index (χ1n) is 7.12. The fourth-order valence-corrected chi connectivity index (χ4v) is 2.48. The fourth-order valence-electron chi connectivity index (χ4n) is 2.48. The molecule has 1 aromatic heterocycles. The number of amides is 1. The molecule has 1 fully saturated rings. The zero-order valence-electron chi connectivity index (χ0n) is 13.1. The van der Waals surface area contributed by atoms with Crippen molar-refractivity contribution in [2.45, 2.75) is 25.1 Å². The number of alkyl halides is 3. The number of rotatable bonds is 4. The Bertz CT molecular complexity index is 514. The van der Waals surface area contributed by atoms with Crippen molar-refractivity contribution in [3.8, 4) is 0 Å². The van der Waals surface area contributed by atoms with Gasteiger partial charge in [0.25, 0.3) is 0 Å². The monoisotopic (exact) mass is 388 g/mol. The Hall–Kier alpha value is -1.25. The van der Waals surface area contributed by atoms with E-state index in [2.05, 4.69) is 15.6 Å². The van der Waals surface area contributed by atoms with E-state index in [1.165, 1.54) is 6.07 Å². The van der Waals surface area contributed by atoms with Gasteiger partial charge in [0.2, 0.25) is 5.91 Å². The summed E-state index contributed by atoms with van der Waals surface area (Å²) >= 11 is 0. The standard InChI is InChI=1S/C14H19F3N4O.2ClH/c1-18-8-13(22)20-11-3-2-6-21(9-11)12-5-4-10(7-19-12)14(15,16)17;;/h4-5,7,11,18H,2-3,6,8-9H2,1H3,(H,20,22);2*1H. The number of pyridine rings is 1. The Labute approximate surface area is 151 Å². The SMILES string of the molecule is CNCC(=O)NC1CCCN(c2ccc(C(F)(F)F)cn2)C1.Cl.Cl. The van der Waals surface area contributed by atoms with Gasteiger partial charge in [-0.25, -0.2) is 4.98 Å². The molecule has 0 spiro atoms. The van der Waals surface area contributed by atoms with E-state index in [1.807, 2.05) is 4.90 Å². The second-order valence-electron chi connectivity index (χ2n) is 5.29. The van der Waals surface area contributed by atoms with Gasteiger partial charge in [0.15, 0.2) is 0 Å². The summed E-state index contributed by atoms with van der Waals surface area (Å²) in [5, 5.41) is 5.68. The first-order valence-corrected chi connectivity index (χ1v) is 7.12. The number of aromatic nitrogens is 1. The molecule has 1 aliphatic rings. The zero-order valence-corrected chi connectivity index (χ0v) is 14.7. The molecular formula is C14H21Cl2F3N4O. The smallest absolute Gasteiger partial charge is 0.355 e. The number of piperidine rings is 1. The maximum Gasteiger partial charge on any atom is 0.417 e. The Morgan fingerprint density at radius 3 is 2.62 bits per heavy atom. The highest BCUT2D eigenvalue weighted by Crippen LogP contribution is 2.29. The molecule has 0 saturated carbocycles. The van der Waals surface area contributed by atoms with Gasteiger partial charge in [-0.2, -0.15) is 13.2 Å². The second kappa shape index (κ2) is 9.90. The Morgan fingerprint density at radius 1 is 1.38 bits per heavy atom. The summed E-state index contributed by atoms with van der Waals surface area (Å²) in [6, 6.07) is 2.39. The molecule has 0 aliphatic carbocycles. The lowest BCUT2D eigenvalue weighted by molar-refractivity contribution is -0.137. The van der Waals surface area contributed by atoms with E-state index in [4.69, 9.17) is 0 Å². The maximum absolute atomic E-state index is 12.5. The lowest BCUT2D eigenvalue weighted by Crippen LogP contribution is -2.49. The number of anilines is 1. The van der Waals surface area contributed by atoms with E-state index in [9.17, 15) is 18.0 Å². The fraction of sp³-hybridized carbons (Fsp3) is 0.571. The highest BCUT2D eigenvalue weighted by molar-refractivity contribution is 5.85. The van der Waals surface area contributed by atoms with Crippen molar-refractivity contribution < 1.29 is 18.0 Å². The van der Waals surface area contributed by atoms with Crippen LogP contribution in [0.1, 0.15) is 18.4 Å². The van der Waals surface area contributed by atoms with Crippen LogP contribution >= 0.6 is 24.8 Å². The van der Waals surface area contributed by atoms with Crippen molar-refractivity contribution in [1.82, 2.24) is 15.6 Å². The number of nitrogens with zero attached hydrogens (tertiary/aromatic N) is 2. The van der Waals surface area contributed by atoms with Gasteiger partial charge in [-0.3, -0.25) is 4.79 Å². The number of hydrogen-bond acceptors (Lipinski definition) is 4. The van der Waals surface area contributed by atoms with Gasteiger partial charge in [-0.1, -0.05) is 0 Å². The number of hydrogen-bond donors (Lipinski definition) is 2. The normalized spacial score (nSPS) is 17.5. The lowest BCUT2D eigenvalue weighted by Gasteiger charge is -2.34. The van der Waals surface area contributed by atoms with Crippen LogP contribution in [-0.4, -0.2) is 43.6 Å². The first-order chi connectivity index (χ1) is 10.4. The van der Waals surface area contributed by atoms with E-state index in [0.29, 0.717) is 12.4 Å².